The van der Waals surface area contributed by atoms with E-state index in [0.29, 0.717) is 10.8 Å². The van der Waals surface area contributed by atoms with Crippen LogP contribution in [0.25, 0.3) is 0 Å². The van der Waals surface area contributed by atoms with E-state index in [1.807, 2.05) is 12.1 Å². The first-order chi connectivity index (χ1) is 9.38. The molecule has 2 rings (SSSR count). The smallest absolute Gasteiger partial charge is 0.175 e. The van der Waals surface area contributed by atoms with Gasteiger partial charge >= 0.3 is 0 Å². The molecular formula is C15H19NO2S2. The number of hydrogen-bond acceptors (Lipinski definition) is 4. The largest absolute Gasteiger partial charge is 0.377 e. The van der Waals surface area contributed by atoms with Gasteiger partial charge in [-0.25, -0.2) is 8.42 Å². The summed E-state index contributed by atoms with van der Waals surface area (Å²) in [6, 6.07) is 11.3. The van der Waals surface area contributed by atoms with E-state index in [9.17, 15) is 8.42 Å². The van der Waals surface area contributed by atoms with Crippen LogP contribution in [-0.4, -0.2) is 14.7 Å². The predicted octanol–water partition coefficient (Wildman–Crippen LogP) is 3.96. The Hall–Kier alpha value is -1.33. The minimum Gasteiger partial charge on any atom is -0.377 e. The van der Waals surface area contributed by atoms with Gasteiger partial charge in [0.05, 0.1) is 10.9 Å². The molecule has 0 saturated heterocycles. The number of sulfone groups is 1. The van der Waals surface area contributed by atoms with E-state index >= 15 is 0 Å². The van der Waals surface area contributed by atoms with Crippen LogP contribution in [0, 0.1) is 5.92 Å². The third-order valence-corrected chi connectivity index (χ3v) is 5.17. The molecule has 0 aliphatic rings. The Morgan fingerprint density at radius 3 is 2.45 bits per heavy atom. The molecule has 0 aliphatic carbocycles. The van der Waals surface area contributed by atoms with Gasteiger partial charge in [-0.3, -0.25) is 0 Å². The molecule has 1 aromatic carbocycles. The molecule has 1 N–H and O–H groups in total. The van der Waals surface area contributed by atoms with Gasteiger partial charge in [-0.05, 0) is 35.6 Å². The third kappa shape index (κ3) is 3.61. The Bertz CT molecular complexity index is 661. The SMILES string of the molecule is CC(C)C(Nc1cccc(S(C)(=O)=O)c1)c1cccs1. The highest BCUT2D eigenvalue weighted by Crippen LogP contribution is 2.30. The molecule has 1 unspecified atom stereocenters. The Balaban J connectivity index is 2.28. The molecule has 108 valence electrons. The number of benzene rings is 1. The van der Waals surface area contributed by atoms with Gasteiger partial charge in [-0.1, -0.05) is 26.0 Å². The number of thiophene rings is 1. The summed E-state index contributed by atoms with van der Waals surface area (Å²) in [5, 5.41) is 5.49. The summed E-state index contributed by atoms with van der Waals surface area (Å²) >= 11 is 1.71. The van der Waals surface area contributed by atoms with Crippen molar-refractivity contribution in [3.63, 3.8) is 0 Å². The second kappa shape index (κ2) is 5.97. The molecule has 0 spiro atoms. The Labute approximate surface area is 124 Å². The van der Waals surface area contributed by atoms with Crippen LogP contribution in [0.1, 0.15) is 24.8 Å². The second-order valence-electron chi connectivity index (χ2n) is 5.18. The fourth-order valence-corrected chi connectivity index (χ4v) is 3.65. The van der Waals surface area contributed by atoms with E-state index in [0.717, 1.165) is 5.69 Å². The zero-order chi connectivity index (χ0) is 14.8. The summed E-state index contributed by atoms with van der Waals surface area (Å²) in [6.45, 7) is 4.30. The lowest BCUT2D eigenvalue weighted by Gasteiger charge is -2.22. The van der Waals surface area contributed by atoms with Crippen molar-refractivity contribution in [2.24, 2.45) is 5.92 Å². The minimum atomic E-state index is -3.17. The monoisotopic (exact) mass is 309 g/mol. The van der Waals surface area contributed by atoms with Gasteiger partial charge in [0, 0.05) is 16.8 Å². The summed E-state index contributed by atoms with van der Waals surface area (Å²) < 4.78 is 23.2. The first kappa shape index (κ1) is 15.1. The van der Waals surface area contributed by atoms with Gasteiger partial charge in [0.25, 0.3) is 0 Å². The lowest BCUT2D eigenvalue weighted by atomic mass is 10.0. The van der Waals surface area contributed by atoms with E-state index in [2.05, 4.69) is 30.6 Å². The zero-order valence-electron chi connectivity index (χ0n) is 11.8. The fraction of sp³-hybridized carbons (Fsp3) is 0.333. The van der Waals surface area contributed by atoms with Crippen LogP contribution < -0.4 is 5.32 Å². The number of anilines is 1. The molecule has 1 aromatic heterocycles. The minimum absolute atomic E-state index is 0.185. The van der Waals surface area contributed by atoms with Crippen molar-refractivity contribution in [2.45, 2.75) is 24.8 Å². The molecular weight excluding hydrogens is 290 g/mol. The van der Waals surface area contributed by atoms with E-state index in [1.54, 1.807) is 29.5 Å². The molecule has 0 radical (unpaired) electrons. The molecule has 5 heteroatoms. The molecule has 0 fully saturated rings. The third-order valence-electron chi connectivity index (χ3n) is 3.10. The first-order valence-corrected chi connectivity index (χ1v) is 9.25. The first-order valence-electron chi connectivity index (χ1n) is 6.48. The van der Waals surface area contributed by atoms with E-state index < -0.39 is 9.84 Å². The van der Waals surface area contributed by atoms with Crippen LogP contribution in [-0.2, 0) is 9.84 Å². The molecule has 1 heterocycles. The van der Waals surface area contributed by atoms with Gasteiger partial charge in [0.1, 0.15) is 0 Å². The second-order valence-corrected chi connectivity index (χ2v) is 8.18. The molecule has 0 bridgehead atoms. The van der Waals surface area contributed by atoms with Crippen molar-refractivity contribution in [1.29, 1.82) is 0 Å². The standard InChI is InChI=1S/C15H19NO2S2/c1-11(2)15(14-8-5-9-19-14)16-12-6-4-7-13(10-12)20(3,17)18/h4-11,15-16H,1-3H3. The Morgan fingerprint density at radius 1 is 1.15 bits per heavy atom. The molecule has 2 aromatic rings. The van der Waals surface area contributed by atoms with E-state index in [-0.39, 0.29) is 6.04 Å². The van der Waals surface area contributed by atoms with Crippen molar-refractivity contribution in [1.82, 2.24) is 0 Å². The summed E-state index contributed by atoms with van der Waals surface area (Å²) in [4.78, 5) is 1.60. The molecule has 1 atom stereocenters. The van der Waals surface area contributed by atoms with Crippen LogP contribution in [0.5, 0.6) is 0 Å². The summed E-state index contributed by atoms with van der Waals surface area (Å²) in [7, 11) is -3.17. The van der Waals surface area contributed by atoms with Crippen LogP contribution >= 0.6 is 11.3 Å². The van der Waals surface area contributed by atoms with Gasteiger partial charge in [0.2, 0.25) is 0 Å². The van der Waals surface area contributed by atoms with Crippen LogP contribution in [0.4, 0.5) is 5.69 Å². The number of nitrogens with one attached hydrogen (secondary N) is 1. The lowest BCUT2D eigenvalue weighted by molar-refractivity contribution is 0.553. The van der Waals surface area contributed by atoms with Crippen LogP contribution in [0.15, 0.2) is 46.7 Å². The van der Waals surface area contributed by atoms with Crippen molar-refractivity contribution in [3.8, 4) is 0 Å². The normalized spacial score (nSPS) is 13.4. The summed E-state index contributed by atoms with van der Waals surface area (Å²) in [6.07, 6.45) is 1.23. The summed E-state index contributed by atoms with van der Waals surface area (Å²) in [5.41, 5.74) is 0.833. The van der Waals surface area contributed by atoms with Gasteiger partial charge in [0.15, 0.2) is 9.84 Å². The maximum absolute atomic E-state index is 11.6. The Kier molecular flexibility index (Phi) is 4.50. The lowest BCUT2D eigenvalue weighted by Crippen LogP contribution is -2.15. The van der Waals surface area contributed by atoms with Crippen LogP contribution in [0.3, 0.4) is 0 Å². The highest BCUT2D eigenvalue weighted by Gasteiger charge is 2.17. The highest BCUT2D eigenvalue weighted by molar-refractivity contribution is 7.90. The van der Waals surface area contributed by atoms with E-state index in [4.69, 9.17) is 0 Å². The maximum atomic E-state index is 11.6. The molecule has 0 amide bonds. The summed E-state index contributed by atoms with van der Waals surface area (Å²) in [5.74, 6) is 0.413. The Morgan fingerprint density at radius 2 is 1.90 bits per heavy atom. The predicted molar refractivity (Wildman–Crippen MR) is 85.1 cm³/mol. The highest BCUT2D eigenvalue weighted by atomic mass is 32.2. The molecule has 0 aliphatic heterocycles. The quantitative estimate of drug-likeness (QED) is 0.909. The van der Waals surface area contributed by atoms with Crippen LogP contribution in [0.2, 0.25) is 0 Å². The average molecular weight is 309 g/mol. The topological polar surface area (TPSA) is 46.2 Å². The molecule has 20 heavy (non-hydrogen) atoms. The molecule has 3 nitrogen and oxygen atoms in total. The van der Waals surface area contributed by atoms with Gasteiger partial charge in [-0.2, -0.15) is 0 Å². The van der Waals surface area contributed by atoms with Crippen molar-refractivity contribution < 1.29 is 8.42 Å². The maximum Gasteiger partial charge on any atom is 0.175 e. The average Bonchev–Trinajstić information content (AvgIpc) is 2.88. The van der Waals surface area contributed by atoms with E-state index in [1.165, 1.54) is 11.1 Å². The van der Waals surface area contributed by atoms with Gasteiger partial charge in [-0.15, -0.1) is 11.3 Å². The number of hydrogen-bond donors (Lipinski definition) is 1. The van der Waals surface area contributed by atoms with Crippen molar-refractivity contribution in [2.75, 3.05) is 11.6 Å². The molecule has 0 saturated carbocycles. The van der Waals surface area contributed by atoms with Crippen molar-refractivity contribution in [3.05, 3.63) is 46.7 Å². The zero-order valence-corrected chi connectivity index (χ0v) is 13.5. The number of rotatable bonds is 5. The van der Waals surface area contributed by atoms with Crippen molar-refractivity contribution >= 4 is 26.9 Å². The van der Waals surface area contributed by atoms with Gasteiger partial charge < -0.3 is 5.32 Å². The fourth-order valence-electron chi connectivity index (χ4n) is 2.03.